The van der Waals surface area contributed by atoms with E-state index in [0.29, 0.717) is 5.69 Å². The van der Waals surface area contributed by atoms with Gasteiger partial charge in [0.2, 0.25) is 11.8 Å². The van der Waals surface area contributed by atoms with E-state index in [9.17, 15) is 13.2 Å². The van der Waals surface area contributed by atoms with E-state index >= 15 is 0 Å². The average molecular weight is 414 g/mol. The molecule has 0 unspecified atom stereocenters. The van der Waals surface area contributed by atoms with Crippen molar-refractivity contribution in [3.05, 3.63) is 60.2 Å². The molecule has 1 heterocycles. The van der Waals surface area contributed by atoms with Crippen molar-refractivity contribution in [1.82, 2.24) is 9.97 Å². The number of nitrogens with zero attached hydrogens (tertiary/aromatic N) is 2. The Bertz CT molecular complexity index is 1160. The summed E-state index contributed by atoms with van der Waals surface area (Å²) < 4.78 is 32.8. The highest BCUT2D eigenvalue weighted by atomic mass is 32.2. The molecule has 0 aliphatic heterocycles. The summed E-state index contributed by atoms with van der Waals surface area (Å²) >= 11 is 0. The molecular weight excluding hydrogens is 396 g/mol. The maximum absolute atomic E-state index is 12.7. The molecule has 0 aliphatic rings. The largest absolute Gasteiger partial charge is 0.479 e. The molecule has 1 aromatic heterocycles. The second-order valence-electron chi connectivity index (χ2n) is 6.09. The molecule has 3 rings (SSSR count). The summed E-state index contributed by atoms with van der Waals surface area (Å²) in [5, 5.41) is 8.84. The first-order chi connectivity index (χ1) is 13.7. The first-order valence-electron chi connectivity index (χ1n) is 8.42. The Labute approximate surface area is 167 Å². The number of anilines is 2. The van der Waals surface area contributed by atoms with Crippen LogP contribution in [0, 0.1) is 6.92 Å². The van der Waals surface area contributed by atoms with Crippen LogP contribution >= 0.6 is 0 Å². The smallest absolute Gasteiger partial charge is 0.341 e. The van der Waals surface area contributed by atoms with Gasteiger partial charge in [-0.2, -0.15) is 4.98 Å². The number of carboxylic acids is 1. The zero-order valence-corrected chi connectivity index (χ0v) is 16.2. The topological polar surface area (TPSA) is 144 Å². The fourth-order valence-electron chi connectivity index (χ4n) is 2.54. The molecule has 10 heteroatoms. The number of nitrogens with two attached hydrogens (primary N) is 1. The van der Waals surface area contributed by atoms with Crippen LogP contribution in [0.5, 0.6) is 5.88 Å². The van der Waals surface area contributed by atoms with Gasteiger partial charge in [0.25, 0.3) is 10.0 Å². The van der Waals surface area contributed by atoms with Crippen molar-refractivity contribution in [2.45, 2.75) is 11.8 Å². The van der Waals surface area contributed by atoms with E-state index in [2.05, 4.69) is 14.7 Å². The van der Waals surface area contributed by atoms with E-state index in [4.69, 9.17) is 15.6 Å². The summed E-state index contributed by atoms with van der Waals surface area (Å²) in [5.41, 5.74) is 7.93. The minimum atomic E-state index is -4.02. The van der Waals surface area contributed by atoms with Crippen molar-refractivity contribution < 1.29 is 23.1 Å². The molecule has 0 amide bonds. The van der Waals surface area contributed by atoms with Crippen LogP contribution in [-0.2, 0) is 14.8 Å². The number of ether oxygens (including phenoxy) is 1. The van der Waals surface area contributed by atoms with Crippen molar-refractivity contribution >= 4 is 27.6 Å². The fourth-order valence-corrected chi connectivity index (χ4v) is 3.54. The lowest BCUT2D eigenvalue weighted by atomic mass is 10.1. The number of aromatic nitrogens is 2. The molecule has 29 heavy (non-hydrogen) atoms. The van der Waals surface area contributed by atoms with Gasteiger partial charge in [0.05, 0.1) is 10.6 Å². The van der Waals surface area contributed by atoms with Gasteiger partial charge in [0.15, 0.2) is 6.61 Å². The van der Waals surface area contributed by atoms with Gasteiger partial charge in [-0.3, -0.25) is 0 Å². The maximum Gasteiger partial charge on any atom is 0.341 e. The van der Waals surface area contributed by atoms with Gasteiger partial charge in [-0.1, -0.05) is 30.3 Å². The summed E-state index contributed by atoms with van der Waals surface area (Å²) in [6.07, 6.45) is 0. The van der Waals surface area contributed by atoms with Crippen LogP contribution in [-0.4, -0.2) is 36.1 Å². The van der Waals surface area contributed by atoms with E-state index in [-0.39, 0.29) is 22.4 Å². The predicted molar refractivity (Wildman–Crippen MR) is 107 cm³/mol. The first kappa shape index (κ1) is 20.1. The molecular formula is C19H18N4O5S. The molecule has 0 spiro atoms. The van der Waals surface area contributed by atoms with Gasteiger partial charge in [0.1, 0.15) is 0 Å². The third-order valence-electron chi connectivity index (χ3n) is 3.86. The lowest BCUT2D eigenvalue weighted by molar-refractivity contribution is -0.139. The zero-order valence-electron chi connectivity index (χ0n) is 15.4. The Balaban J connectivity index is 2.03. The fraction of sp³-hybridized carbons (Fsp3) is 0.105. The van der Waals surface area contributed by atoms with Gasteiger partial charge in [0, 0.05) is 17.3 Å². The monoisotopic (exact) mass is 414 g/mol. The van der Waals surface area contributed by atoms with Gasteiger partial charge < -0.3 is 15.6 Å². The Morgan fingerprint density at radius 3 is 2.59 bits per heavy atom. The van der Waals surface area contributed by atoms with Crippen molar-refractivity contribution in [3.63, 3.8) is 0 Å². The summed E-state index contributed by atoms with van der Waals surface area (Å²) in [5.74, 6) is -1.53. The molecule has 0 fully saturated rings. The van der Waals surface area contributed by atoms with Crippen LogP contribution in [0.3, 0.4) is 0 Å². The minimum Gasteiger partial charge on any atom is -0.479 e. The van der Waals surface area contributed by atoms with Gasteiger partial charge in [-0.05, 0) is 30.7 Å². The number of hydrogen-bond donors (Lipinski definition) is 3. The van der Waals surface area contributed by atoms with E-state index in [0.717, 1.165) is 11.1 Å². The van der Waals surface area contributed by atoms with Gasteiger partial charge in [-0.25, -0.2) is 22.9 Å². The van der Waals surface area contributed by atoms with E-state index in [1.807, 2.05) is 19.1 Å². The van der Waals surface area contributed by atoms with E-state index < -0.39 is 22.6 Å². The lowest BCUT2D eigenvalue weighted by Gasteiger charge is -2.12. The van der Waals surface area contributed by atoms with Crippen LogP contribution in [0.25, 0.3) is 11.3 Å². The SMILES string of the molecule is Cc1ccccc1-c1cc(OCC(=O)O)nc(NS(=O)(=O)c2cccc(N)c2)n1. The molecule has 0 aliphatic carbocycles. The molecule has 0 bridgehead atoms. The summed E-state index contributed by atoms with van der Waals surface area (Å²) in [6.45, 7) is 1.23. The number of sulfonamides is 1. The summed E-state index contributed by atoms with van der Waals surface area (Å²) in [6, 6.07) is 14.5. The number of aliphatic carboxylic acids is 1. The minimum absolute atomic E-state index is 0.0598. The van der Waals surface area contributed by atoms with Gasteiger partial charge >= 0.3 is 5.97 Å². The van der Waals surface area contributed by atoms with Crippen molar-refractivity contribution in [2.75, 3.05) is 17.1 Å². The third-order valence-corrected chi connectivity index (χ3v) is 5.19. The number of aryl methyl sites for hydroxylation is 1. The molecule has 150 valence electrons. The lowest BCUT2D eigenvalue weighted by Crippen LogP contribution is -2.17. The molecule has 0 saturated heterocycles. The highest BCUT2D eigenvalue weighted by Gasteiger charge is 2.18. The standard InChI is InChI=1S/C19H18N4O5S/c1-12-5-2-3-8-15(12)16-10-17(28-11-18(24)25)22-19(21-16)23-29(26,27)14-7-4-6-13(20)9-14/h2-10H,11,20H2,1H3,(H,24,25)(H,21,22,23). The second kappa shape index (κ2) is 8.15. The van der Waals surface area contributed by atoms with Crippen molar-refractivity contribution in [3.8, 4) is 17.1 Å². The third kappa shape index (κ3) is 4.99. The number of carboxylic acid groups (broad SMARTS) is 1. The molecule has 3 aromatic rings. The maximum atomic E-state index is 12.7. The molecule has 2 aromatic carbocycles. The Kier molecular flexibility index (Phi) is 5.64. The molecule has 0 radical (unpaired) electrons. The van der Waals surface area contributed by atoms with Gasteiger partial charge in [-0.15, -0.1) is 0 Å². The van der Waals surface area contributed by atoms with Crippen LogP contribution in [0.4, 0.5) is 11.6 Å². The van der Waals surface area contributed by atoms with Crippen molar-refractivity contribution in [1.29, 1.82) is 0 Å². The average Bonchev–Trinajstić information content (AvgIpc) is 2.66. The molecule has 0 atom stereocenters. The summed E-state index contributed by atoms with van der Waals surface area (Å²) in [4.78, 5) is 19.0. The van der Waals surface area contributed by atoms with Crippen molar-refractivity contribution in [2.24, 2.45) is 0 Å². The molecule has 4 N–H and O–H groups in total. The van der Waals surface area contributed by atoms with E-state index in [1.165, 1.54) is 24.3 Å². The number of carbonyl (C=O) groups is 1. The van der Waals surface area contributed by atoms with E-state index in [1.54, 1.807) is 18.2 Å². The van der Waals surface area contributed by atoms with Crippen LogP contribution in [0.2, 0.25) is 0 Å². The quantitative estimate of drug-likeness (QED) is 0.500. The summed E-state index contributed by atoms with van der Waals surface area (Å²) in [7, 11) is -4.02. The highest BCUT2D eigenvalue weighted by molar-refractivity contribution is 7.92. The number of hydrogen-bond acceptors (Lipinski definition) is 7. The normalized spacial score (nSPS) is 11.1. The number of rotatable bonds is 7. The number of benzene rings is 2. The van der Waals surface area contributed by atoms with Crippen LogP contribution < -0.4 is 15.2 Å². The Morgan fingerprint density at radius 1 is 1.14 bits per heavy atom. The highest BCUT2D eigenvalue weighted by Crippen LogP contribution is 2.26. The Morgan fingerprint density at radius 2 is 1.90 bits per heavy atom. The predicted octanol–water partition coefficient (Wildman–Crippen LogP) is 2.30. The number of nitrogen functional groups attached to an aromatic ring is 1. The van der Waals surface area contributed by atoms with Crippen LogP contribution in [0.15, 0.2) is 59.5 Å². The zero-order chi connectivity index (χ0) is 21.0. The number of nitrogens with one attached hydrogen (secondary N) is 1. The molecule has 9 nitrogen and oxygen atoms in total. The molecule has 0 saturated carbocycles. The first-order valence-corrected chi connectivity index (χ1v) is 9.91. The van der Waals surface area contributed by atoms with Crippen LogP contribution in [0.1, 0.15) is 5.56 Å². The Hall–Kier alpha value is -3.66. The second-order valence-corrected chi connectivity index (χ2v) is 7.77.